The summed E-state index contributed by atoms with van der Waals surface area (Å²) in [6.07, 6.45) is 3.08. The zero-order valence-corrected chi connectivity index (χ0v) is 6.34. The summed E-state index contributed by atoms with van der Waals surface area (Å²) in [5, 5.41) is 0. The molecule has 0 saturated heterocycles. The Morgan fingerprint density at radius 1 is 1.45 bits per heavy atom. The molecule has 0 saturated carbocycles. The van der Waals surface area contributed by atoms with E-state index in [1.54, 1.807) is 12.1 Å². The Balaban J connectivity index is 3.12. The van der Waals surface area contributed by atoms with Gasteiger partial charge in [-0.25, -0.2) is 4.39 Å². The van der Waals surface area contributed by atoms with Crippen molar-refractivity contribution in [1.82, 2.24) is 0 Å². The normalized spacial score (nSPS) is 10.7. The van der Waals surface area contributed by atoms with Crippen LogP contribution < -0.4 is 5.73 Å². The third-order valence-electron chi connectivity index (χ3n) is 1.52. The van der Waals surface area contributed by atoms with E-state index in [1.165, 1.54) is 18.3 Å². The second-order valence-electron chi connectivity index (χ2n) is 2.36. The largest absolute Gasteiger partial charge is 0.405 e. The van der Waals surface area contributed by atoms with Crippen LogP contribution in [0.25, 0.3) is 6.08 Å². The van der Waals surface area contributed by atoms with Gasteiger partial charge in [0.2, 0.25) is 0 Å². The molecule has 0 radical (unpaired) electrons. The molecule has 0 aromatic heterocycles. The number of hydrogen-bond acceptors (Lipinski definition) is 1. The molecule has 2 heteroatoms. The Hall–Kier alpha value is -1.31. The fourth-order valence-electron chi connectivity index (χ4n) is 0.895. The maximum Gasteiger partial charge on any atom is 0.123 e. The van der Waals surface area contributed by atoms with Gasteiger partial charge in [0.1, 0.15) is 5.82 Å². The highest BCUT2D eigenvalue weighted by molar-refractivity contribution is 5.52. The van der Waals surface area contributed by atoms with E-state index in [4.69, 9.17) is 5.73 Å². The Kier molecular flexibility index (Phi) is 2.26. The first-order valence-electron chi connectivity index (χ1n) is 3.38. The quantitative estimate of drug-likeness (QED) is 0.653. The van der Waals surface area contributed by atoms with Crippen LogP contribution in [0, 0.1) is 12.7 Å². The Labute approximate surface area is 65.3 Å². The SMILES string of the molecule is Cc1ccc(F)cc1/C=C\N. The molecule has 1 nitrogen and oxygen atoms in total. The van der Waals surface area contributed by atoms with E-state index < -0.39 is 0 Å². The number of benzene rings is 1. The van der Waals surface area contributed by atoms with Gasteiger partial charge in [-0.15, -0.1) is 0 Å². The van der Waals surface area contributed by atoms with Crippen molar-refractivity contribution in [2.75, 3.05) is 0 Å². The van der Waals surface area contributed by atoms with E-state index in [0.29, 0.717) is 0 Å². The van der Waals surface area contributed by atoms with E-state index in [1.807, 2.05) is 6.92 Å². The molecule has 58 valence electrons. The standard InChI is InChI=1S/C9H10FN/c1-7-2-3-9(10)6-8(7)4-5-11/h2-6H,11H2,1H3/b5-4-. The highest BCUT2D eigenvalue weighted by Gasteiger charge is 1.94. The topological polar surface area (TPSA) is 26.0 Å². The van der Waals surface area contributed by atoms with Crippen LogP contribution in [0.15, 0.2) is 24.4 Å². The summed E-state index contributed by atoms with van der Waals surface area (Å²) < 4.78 is 12.6. The highest BCUT2D eigenvalue weighted by Crippen LogP contribution is 2.10. The van der Waals surface area contributed by atoms with Crippen molar-refractivity contribution in [3.63, 3.8) is 0 Å². The summed E-state index contributed by atoms with van der Waals surface area (Å²) >= 11 is 0. The molecule has 11 heavy (non-hydrogen) atoms. The van der Waals surface area contributed by atoms with Gasteiger partial charge in [0.15, 0.2) is 0 Å². The minimum Gasteiger partial charge on any atom is -0.405 e. The van der Waals surface area contributed by atoms with Crippen LogP contribution in [-0.2, 0) is 0 Å². The smallest absolute Gasteiger partial charge is 0.123 e. The third kappa shape index (κ3) is 1.80. The predicted octanol–water partition coefficient (Wildman–Crippen LogP) is 2.06. The molecule has 0 heterocycles. The van der Waals surface area contributed by atoms with Crippen LogP contribution in [0.1, 0.15) is 11.1 Å². The maximum absolute atomic E-state index is 12.6. The van der Waals surface area contributed by atoms with E-state index in [9.17, 15) is 4.39 Å². The molecule has 1 rings (SSSR count). The lowest BCUT2D eigenvalue weighted by Crippen LogP contribution is -1.84. The minimum absolute atomic E-state index is 0.233. The predicted molar refractivity (Wildman–Crippen MR) is 44.4 cm³/mol. The van der Waals surface area contributed by atoms with Crippen LogP contribution in [-0.4, -0.2) is 0 Å². The van der Waals surface area contributed by atoms with Gasteiger partial charge in [-0.2, -0.15) is 0 Å². The van der Waals surface area contributed by atoms with Gasteiger partial charge in [0.25, 0.3) is 0 Å². The number of nitrogens with two attached hydrogens (primary N) is 1. The summed E-state index contributed by atoms with van der Waals surface area (Å²) in [7, 11) is 0. The van der Waals surface area contributed by atoms with Crippen molar-refractivity contribution in [3.05, 3.63) is 41.3 Å². The van der Waals surface area contributed by atoms with Crippen LogP contribution in [0.3, 0.4) is 0 Å². The highest BCUT2D eigenvalue weighted by atomic mass is 19.1. The molecule has 0 unspecified atom stereocenters. The summed E-state index contributed by atoms with van der Waals surface area (Å²) in [4.78, 5) is 0. The Morgan fingerprint density at radius 3 is 2.82 bits per heavy atom. The zero-order valence-electron chi connectivity index (χ0n) is 6.34. The monoisotopic (exact) mass is 151 g/mol. The lowest BCUT2D eigenvalue weighted by atomic mass is 10.1. The first-order valence-corrected chi connectivity index (χ1v) is 3.38. The van der Waals surface area contributed by atoms with Crippen molar-refractivity contribution in [2.24, 2.45) is 5.73 Å². The average molecular weight is 151 g/mol. The number of rotatable bonds is 1. The number of aryl methyl sites for hydroxylation is 1. The van der Waals surface area contributed by atoms with Crippen molar-refractivity contribution in [1.29, 1.82) is 0 Å². The molecule has 0 aliphatic rings. The molecule has 0 amide bonds. The molecule has 1 aromatic carbocycles. The second-order valence-corrected chi connectivity index (χ2v) is 2.36. The Bertz CT molecular complexity index is 279. The van der Waals surface area contributed by atoms with Gasteiger partial charge in [-0.3, -0.25) is 0 Å². The molecular weight excluding hydrogens is 141 g/mol. The number of hydrogen-bond donors (Lipinski definition) is 1. The maximum atomic E-state index is 12.6. The van der Waals surface area contributed by atoms with Gasteiger partial charge in [-0.05, 0) is 42.5 Å². The van der Waals surface area contributed by atoms with Crippen molar-refractivity contribution < 1.29 is 4.39 Å². The molecular formula is C9H10FN. The second kappa shape index (κ2) is 3.19. The molecule has 0 spiro atoms. The van der Waals surface area contributed by atoms with Crippen molar-refractivity contribution in [3.8, 4) is 0 Å². The molecule has 0 bridgehead atoms. The Morgan fingerprint density at radius 2 is 2.18 bits per heavy atom. The lowest BCUT2D eigenvalue weighted by molar-refractivity contribution is 0.627. The molecule has 1 aromatic rings. The fraction of sp³-hybridized carbons (Fsp3) is 0.111. The number of halogens is 1. The van der Waals surface area contributed by atoms with Crippen molar-refractivity contribution >= 4 is 6.08 Å². The molecule has 2 N–H and O–H groups in total. The van der Waals surface area contributed by atoms with Gasteiger partial charge in [0.05, 0.1) is 0 Å². The average Bonchev–Trinajstić information content (AvgIpc) is 1.98. The van der Waals surface area contributed by atoms with Crippen LogP contribution in [0.5, 0.6) is 0 Å². The first kappa shape index (κ1) is 7.79. The molecule has 0 fully saturated rings. The van der Waals surface area contributed by atoms with Gasteiger partial charge in [0, 0.05) is 0 Å². The van der Waals surface area contributed by atoms with Crippen LogP contribution in [0.4, 0.5) is 4.39 Å². The minimum atomic E-state index is -0.233. The lowest BCUT2D eigenvalue weighted by Gasteiger charge is -1.98. The third-order valence-corrected chi connectivity index (χ3v) is 1.52. The van der Waals surface area contributed by atoms with Gasteiger partial charge >= 0.3 is 0 Å². The van der Waals surface area contributed by atoms with E-state index in [-0.39, 0.29) is 5.82 Å². The first-order chi connectivity index (χ1) is 5.24. The van der Waals surface area contributed by atoms with Crippen LogP contribution >= 0.6 is 0 Å². The molecule has 0 aliphatic carbocycles. The molecule has 0 aliphatic heterocycles. The zero-order chi connectivity index (χ0) is 8.27. The molecule has 0 atom stereocenters. The van der Waals surface area contributed by atoms with E-state index in [2.05, 4.69) is 0 Å². The van der Waals surface area contributed by atoms with Gasteiger partial charge < -0.3 is 5.73 Å². The summed E-state index contributed by atoms with van der Waals surface area (Å²) in [5.74, 6) is -0.233. The van der Waals surface area contributed by atoms with Gasteiger partial charge in [-0.1, -0.05) is 6.07 Å². The fourth-order valence-corrected chi connectivity index (χ4v) is 0.895. The summed E-state index contributed by atoms with van der Waals surface area (Å²) in [5.41, 5.74) is 7.02. The van der Waals surface area contributed by atoms with Crippen molar-refractivity contribution in [2.45, 2.75) is 6.92 Å². The van der Waals surface area contributed by atoms with Crippen LogP contribution in [0.2, 0.25) is 0 Å². The summed E-state index contributed by atoms with van der Waals surface area (Å²) in [6.45, 7) is 1.91. The van der Waals surface area contributed by atoms with E-state index >= 15 is 0 Å². The summed E-state index contributed by atoms with van der Waals surface area (Å²) in [6, 6.07) is 4.62. The van der Waals surface area contributed by atoms with E-state index in [0.717, 1.165) is 11.1 Å².